The largest absolute Gasteiger partial charge is 0.375 e. The van der Waals surface area contributed by atoms with Crippen LogP contribution in [0.15, 0.2) is 54.6 Å². The van der Waals surface area contributed by atoms with E-state index in [2.05, 4.69) is 60.4 Å². The van der Waals surface area contributed by atoms with E-state index >= 15 is 0 Å². The number of rotatable bonds is 1. The van der Waals surface area contributed by atoms with E-state index in [1.165, 1.54) is 16.7 Å². The molecule has 3 rings (SSSR count). The predicted octanol–water partition coefficient (Wildman–Crippen LogP) is 3.55. The van der Waals surface area contributed by atoms with E-state index in [1.54, 1.807) is 0 Å². The quantitative estimate of drug-likeness (QED) is 0.701. The highest BCUT2D eigenvalue weighted by molar-refractivity contribution is 5.37. The Morgan fingerprint density at radius 3 is 2.68 bits per heavy atom. The van der Waals surface area contributed by atoms with Gasteiger partial charge in [0.25, 0.3) is 0 Å². The number of fused-ring (bicyclic) bond motifs is 1. The fourth-order valence-electron chi connectivity index (χ4n) is 2.37. The third kappa shape index (κ3) is 2.86. The lowest BCUT2D eigenvalue weighted by molar-refractivity contribution is 0.103. The number of hydrogen-bond acceptors (Lipinski definition) is 1. The van der Waals surface area contributed by atoms with Crippen LogP contribution >= 0.6 is 0 Å². The molecule has 2 aromatic carbocycles. The maximum Gasteiger partial charge on any atom is 0.0720 e. The van der Waals surface area contributed by atoms with Crippen LogP contribution in [0, 0.1) is 11.8 Å². The molecule has 1 unspecified atom stereocenters. The van der Waals surface area contributed by atoms with E-state index in [9.17, 15) is 0 Å². The molecule has 1 nitrogen and oxygen atoms in total. The molecule has 0 amide bonds. The van der Waals surface area contributed by atoms with Gasteiger partial charge in [-0.1, -0.05) is 66.4 Å². The molecule has 0 saturated carbocycles. The zero-order chi connectivity index (χ0) is 12.9. The van der Waals surface area contributed by atoms with E-state index in [0.717, 1.165) is 6.42 Å². The van der Waals surface area contributed by atoms with Crippen molar-refractivity contribution in [1.82, 2.24) is 0 Å². The van der Waals surface area contributed by atoms with Crippen LogP contribution in [0.1, 0.15) is 22.6 Å². The molecule has 1 aliphatic heterocycles. The van der Waals surface area contributed by atoms with Crippen molar-refractivity contribution in [1.29, 1.82) is 0 Å². The summed E-state index contributed by atoms with van der Waals surface area (Å²) >= 11 is 0. The van der Waals surface area contributed by atoms with Crippen LogP contribution in [0.5, 0.6) is 0 Å². The van der Waals surface area contributed by atoms with Gasteiger partial charge in [0, 0.05) is 6.42 Å². The zero-order valence-electron chi connectivity index (χ0n) is 10.8. The summed E-state index contributed by atoms with van der Waals surface area (Å²) in [5.41, 5.74) is 3.86. The van der Waals surface area contributed by atoms with E-state index in [1.807, 2.05) is 6.07 Å². The second kappa shape index (κ2) is 5.73. The summed E-state index contributed by atoms with van der Waals surface area (Å²) in [6.07, 6.45) is 0.805. The number of ether oxygens (including phenoxy) is 1. The third-order valence-corrected chi connectivity index (χ3v) is 3.38. The summed E-state index contributed by atoms with van der Waals surface area (Å²) in [6.45, 7) is 1.42. The van der Waals surface area contributed by atoms with Crippen molar-refractivity contribution < 1.29 is 4.74 Å². The van der Waals surface area contributed by atoms with Crippen molar-refractivity contribution in [2.45, 2.75) is 18.9 Å². The Kier molecular flexibility index (Phi) is 3.63. The highest BCUT2D eigenvalue weighted by atomic mass is 16.5. The highest BCUT2D eigenvalue weighted by Crippen LogP contribution is 2.25. The molecule has 0 aromatic heterocycles. The fraction of sp³-hybridized carbons (Fsp3) is 0.222. The van der Waals surface area contributed by atoms with Crippen LogP contribution in [0.3, 0.4) is 0 Å². The van der Waals surface area contributed by atoms with Gasteiger partial charge in [0.15, 0.2) is 0 Å². The SMILES string of the molecule is C(#CC1COCc2ccccc21)Cc1ccccc1. The van der Waals surface area contributed by atoms with Gasteiger partial charge in [-0.2, -0.15) is 0 Å². The van der Waals surface area contributed by atoms with Gasteiger partial charge in [-0.3, -0.25) is 0 Å². The van der Waals surface area contributed by atoms with Gasteiger partial charge >= 0.3 is 0 Å². The van der Waals surface area contributed by atoms with Crippen LogP contribution in [-0.4, -0.2) is 6.61 Å². The van der Waals surface area contributed by atoms with Gasteiger partial charge in [0.1, 0.15) is 0 Å². The topological polar surface area (TPSA) is 9.23 Å². The minimum atomic E-state index is 0.216. The molecule has 19 heavy (non-hydrogen) atoms. The molecule has 2 aromatic rings. The molecule has 0 radical (unpaired) electrons. The molecule has 0 fully saturated rings. The Labute approximate surface area is 114 Å². The van der Waals surface area contributed by atoms with Crippen molar-refractivity contribution in [3.05, 3.63) is 71.3 Å². The van der Waals surface area contributed by atoms with Crippen molar-refractivity contribution in [3.63, 3.8) is 0 Å². The summed E-state index contributed by atoms with van der Waals surface area (Å²) < 4.78 is 5.61. The molecule has 0 aliphatic carbocycles. The molecule has 0 bridgehead atoms. The molecule has 0 N–H and O–H groups in total. The zero-order valence-corrected chi connectivity index (χ0v) is 10.8. The molecule has 1 aliphatic rings. The Bertz CT molecular complexity index is 604. The Balaban J connectivity index is 1.75. The minimum Gasteiger partial charge on any atom is -0.375 e. The van der Waals surface area contributed by atoms with Gasteiger partial charge in [-0.05, 0) is 16.7 Å². The molecule has 1 heterocycles. The smallest absolute Gasteiger partial charge is 0.0720 e. The van der Waals surface area contributed by atoms with Crippen molar-refractivity contribution in [2.75, 3.05) is 6.61 Å². The van der Waals surface area contributed by atoms with Crippen molar-refractivity contribution in [3.8, 4) is 11.8 Å². The summed E-state index contributed by atoms with van der Waals surface area (Å²) in [5.74, 6) is 6.85. The van der Waals surface area contributed by atoms with Crippen molar-refractivity contribution in [2.24, 2.45) is 0 Å². The molecular weight excluding hydrogens is 232 g/mol. The lowest BCUT2D eigenvalue weighted by Crippen LogP contribution is -2.15. The second-order valence-corrected chi connectivity index (χ2v) is 4.75. The van der Waals surface area contributed by atoms with Crippen LogP contribution in [0.4, 0.5) is 0 Å². The third-order valence-electron chi connectivity index (χ3n) is 3.38. The number of hydrogen-bond donors (Lipinski definition) is 0. The van der Waals surface area contributed by atoms with Crippen LogP contribution in [-0.2, 0) is 17.8 Å². The van der Waals surface area contributed by atoms with E-state index in [0.29, 0.717) is 13.2 Å². The van der Waals surface area contributed by atoms with Gasteiger partial charge in [-0.15, -0.1) is 0 Å². The van der Waals surface area contributed by atoms with E-state index in [4.69, 9.17) is 4.74 Å². The average molecular weight is 248 g/mol. The monoisotopic (exact) mass is 248 g/mol. The molecule has 1 heteroatoms. The van der Waals surface area contributed by atoms with E-state index in [-0.39, 0.29) is 5.92 Å². The second-order valence-electron chi connectivity index (χ2n) is 4.75. The van der Waals surface area contributed by atoms with Crippen LogP contribution in [0.2, 0.25) is 0 Å². The van der Waals surface area contributed by atoms with Crippen LogP contribution < -0.4 is 0 Å². The first-order valence-electron chi connectivity index (χ1n) is 6.61. The molecule has 1 atom stereocenters. The lowest BCUT2D eigenvalue weighted by Gasteiger charge is -2.21. The Morgan fingerprint density at radius 2 is 1.79 bits per heavy atom. The summed E-state index contributed by atoms with van der Waals surface area (Å²) in [5, 5.41) is 0. The van der Waals surface area contributed by atoms with E-state index < -0.39 is 0 Å². The first-order valence-corrected chi connectivity index (χ1v) is 6.61. The fourth-order valence-corrected chi connectivity index (χ4v) is 2.37. The summed E-state index contributed by atoms with van der Waals surface area (Å²) in [7, 11) is 0. The Hall–Kier alpha value is -2.04. The Morgan fingerprint density at radius 1 is 1.00 bits per heavy atom. The normalized spacial score (nSPS) is 17.2. The maximum absolute atomic E-state index is 5.61. The average Bonchev–Trinajstić information content (AvgIpc) is 2.49. The minimum absolute atomic E-state index is 0.216. The first kappa shape index (κ1) is 12.0. The summed E-state index contributed by atoms with van der Waals surface area (Å²) in [6, 6.07) is 18.8. The van der Waals surface area contributed by atoms with Gasteiger partial charge in [-0.25, -0.2) is 0 Å². The number of benzene rings is 2. The first-order chi connectivity index (χ1) is 9.43. The van der Waals surface area contributed by atoms with Crippen LogP contribution in [0.25, 0.3) is 0 Å². The van der Waals surface area contributed by atoms with Gasteiger partial charge in [0.05, 0.1) is 19.1 Å². The van der Waals surface area contributed by atoms with Gasteiger partial charge in [0.2, 0.25) is 0 Å². The van der Waals surface area contributed by atoms with Crippen molar-refractivity contribution >= 4 is 0 Å². The molecule has 0 saturated heterocycles. The molecule has 0 spiro atoms. The predicted molar refractivity (Wildman–Crippen MR) is 76.8 cm³/mol. The maximum atomic E-state index is 5.61. The standard InChI is InChI=1S/C18H16O/c1-2-7-15(8-3-1)9-6-11-17-14-19-13-16-10-4-5-12-18(16)17/h1-5,7-8,10,12,17H,9,13-14H2. The molecular formula is C18H16O. The highest BCUT2D eigenvalue weighted by Gasteiger charge is 2.17. The molecule has 94 valence electrons. The van der Waals surface area contributed by atoms with Gasteiger partial charge < -0.3 is 4.74 Å². The summed E-state index contributed by atoms with van der Waals surface area (Å²) in [4.78, 5) is 0. The lowest BCUT2D eigenvalue weighted by atomic mass is 9.93.